The summed E-state index contributed by atoms with van der Waals surface area (Å²) in [5, 5.41) is 3.02. The van der Waals surface area contributed by atoms with E-state index in [1.165, 1.54) is 16.7 Å². The van der Waals surface area contributed by atoms with Crippen LogP contribution in [-0.2, 0) is 4.74 Å². The van der Waals surface area contributed by atoms with Crippen LogP contribution < -0.4 is 5.32 Å². The van der Waals surface area contributed by atoms with E-state index in [1.54, 1.807) is 0 Å². The number of benzene rings is 1. The van der Waals surface area contributed by atoms with Gasteiger partial charge in [0.25, 0.3) is 5.91 Å². The Hall–Kier alpha value is -1.35. The number of carbonyl (C=O) groups is 1. The molecule has 0 saturated carbocycles. The van der Waals surface area contributed by atoms with Crippen LogP contribution in [0.2, 0.25) is 0 Å². The molecule has 18 heavy (non-hydrogen) atoms. The van der Waals surface area contributed by atoms with E-state index >= 15 is 0 Å². The van der Waals surface area contributed by atoms with Crippen LogP contribution in [0.1, 0.15) is 38.2 Å². The van der Waals surface area contributed by atoms with E-state index in [0.717, 1.165) is 16.7 Å². The molecule has 2 rings (SSSR count). The van der Waals surface area contributed by atoms with Crippen LogP contribution in [0.3, 0.4) is 0 Å². The second-order valence-corrected chi connectivity index (χ2v) is 5.21. The lowest BCUT2D eigenvalue weighted by molar-refractivity contribution is -0.00348. The van der Waals surface area contributed by atoms with Crippen molar-refractivity contribution in [3.63, 3.8) is 0 Å². The molecule has 1 aromatic carbocycles. The number of nitrogens with one attached hydrogen (secondary N) is 1. The predicted octanol–water partition coefficient (Wildman–Crippen LogP) is 2.36. The summed E-state index contributed by atoms with van der Waals surface area (Å²) in [5.74, 6) is 0.0319. The van der Waals surface area contributed by atoms with E-state index < -0.39 is 0 Å². The van der Waals surface area contributed by atoms with Crippen molar-refractivity contribution in [2.24, 2.45) is 0 Å². The maximum Gasteiger partial charge on any atom is 0.252 e. The van der Waals surface area contributed by atoms with Crippen molar-refractivity contribution in [3.05, 3.63) is 33.4 Å². The van der Waals surface area contributed by atoms with Gasteiger partial charge in [-0.05, 0) is 62.4 Å². The number of rotatable bonds is 2. The van der Waals surface area contributed by atoms with E-state index in [4.69, 9.17) is 4.74 Å². The van der Waals surface area contributed by atoms with Crippen LogP contribution in [0, 0.1) is 34.6 Å². The number of hydrogen-bond donors (Lipinski definition) is 1. The fourth-order valence-electron chi connectivity index (χ4n) is 2.42. The molecular formula is C15H21NO2. The van der Waals surface area contributed by atoms with E-state index in [2.05, 4.69) is 26.1 Å². The first kappa shape index (κ1) is 13.1. The van der Waals surface area contributed by atoms with Crippen molar-refractivity contribution in [1.82, 2.24) is 5.32 Å². The second-order valence-electron chi connectivity index (χ2n) is 5.21. The lowest BCUT2D eigenvalue weighted by atomic mass is 9.89. The minimum Gasteiger partial charge on any atom is -0.377 e. The molecule has 3 heteroatoms. The Kier molecular flexibility index (Phi) is 3.44. The normalized spacial score (nSPS) is 15.4. The molecule has 0 bridgehead atoms. The molecule has 3 nitrogen and oxygen atoms in total. The molecule has 0 aromatic heterocycles. The fourth-order valence-corrected chi connectivity index (χ4v) is 2.42. The molecule has 0 radical (unpaired) electrons. The zero-order valence-corrected chi connectivity index (χ0v) is 11.8. The maximum absolute atomic E-state index is 12.3. The molecule has 1 fully saturated rings. The molecule has 0 atom stereocenters. The number of ether oxygens (including phenoxy) is 1. The molecule has 1 saturated heterocycles. The van der Waals surface area contributed by atoms with Gasteiger partial charge in [0.05, 0.1) is 19.3 Å². The molecule has 0 unspecified atom stereocenters. The highest BCUT2D eigenvalue weighted by Crippen LogP contribution is 2.26. The molecule has 1 N–H and O–H groups in total. The van der Waals surface area contributed by atoms with Gasteiger partial charge in [-0.25, -0.2) is 0 Å². The van der Waals surface area contributed by atoms with Gasteiger partial charge in [-0.3, -0.25) is 4.79 Å². The van der Waals surface area contributed by atoms with Crippen LogP contribution in [0.4, 0.5) is 0 Å². The lowest BCUT2D eigenvalue weighted by Crippen LogP contribution is -2.48. The maximum atomic E-state index is 12.3. The minimum absolute atomic E-state index is 0.0319. The largest absolute Gasteiger partial charge is 0.377 e. The zero-order valence-electron chi connectivity index (χ0n) is 11.8. The molecule has 1 amide bonds. The molecule has 1 aromatic rings. The van der Waals surface area contributed by atoms with Gasteiger partial charge in [-0.2, -0.15) is 0 Å². The molecule has 0 aliphatic carbocycles. The standard InChI is InChI=1S/C15H21NO2/c1-8-9(2)11(4)14(12(5)10(8)3)15(17)16-13-6-18-7-13/h13H,6-7H2,1-5H3,(H,16,17). The average Bonchev–Trinajstić information content (AvgIpc) is 2.29. The summed E-state index contributed by atoms with van der Waals surface area (Å²) in [6.07, 6.45) is 0. The number of carbonyl (C=O) groups excluding carboxylic acids is 1. The van der Waals surface area contributed by atoms with Crippen LogP contribution >= 0.6 is 0 Å². The Morgan fingerprint density at radius 3 is 1.78 bits per heavy atom. The van der Waals surface area contributed by atoms with E-state index in [1.807, 2.05) is 13.8 Å². The van der Waals surface area contributed by atoms with Crippen LogP contribution in [0.5, 0.6) is 0 Å². The molecule has 0 spiro atoms. The first-order chi connectivity index (χ1) is 8.43. The first-order valence-corrected chi connectivity index (χ1v) is 6.39. The van der Waals surface area contributed by atoms with Gasteiger partial charge in [-0.15, -0.1) is 0 Å². The Balaban J connectivity index is 2.40. The Morgan fingerprint density at radius 2 is 1.39 bits per heavy atom. The number of amides is 1. The molecule has 1 heterocycles. The van der Waals surface area contributed by atoms with Gasteiger partial charge in [-0.1, -0.05) is 0 Å². The Labute approximate surface area is 109 Å². The SMILES string of the molecule is Cc1c(C)c(C)c(C(=O)NC2COC2)c(C)c1C. The smallest absolute Gasteiger partial charge is 0.252 e. The van der Waals surface area contributed by atoms with Gasteiger partial charge in [0.15, 0.2) is 0 Å². The molecule has 1 aliphatic rings. The topological polar surface area (TPSA) is 38.3 Å². The van der Waals surface area contributed by atoms with Crippen molar-refractivity contribution in [1.29, 1.82) is 0 Å². The lowest BCUT2D eigenvalue weighted by Gasteiger charge is -2.28. The average molecular weight is 247 g/mol. The summed E-state index contributed by atoms with van der Waals surface area (Å²) in [6.45, 7) is 11.6. The summed E-state index contributed by atoms with van der Waals surface area (Å²) < 4.78 is 5.08. The summed E-state index contributed by atoms with van der Waals surface area (Å²) in [6, 6.07) is 0.179. The first-order valence-electron chi connectivity index (χ1n) is 6.39. The van der Waals surface area contributed by atoms with E-state index in [0.29, 0.717) is 13.2 Å². The van der Waals surface area contributed by atoms with Gasteiger partial charge in [0.1, 0.15) is 0 Å². The van der Waals surface area contributed by atoms with Gasteiger partial charge >= 0.3 is 0 Å². The molecular weight excluding hydrogens is 226 g/mol. The van der Waals surface area contributed by atoms with Crippen LogP contribution in [0.15, 0.2) is 0 Å². The van der Waals surface area contributed by atoms with Crippen molar-refractivity contribution >= 4 is 5.91 Å². The Bertz CT molecular complexity index is 473. The van der Waals surface area contributed by atoms with Crippen LogP contribution in [-0.4, -0.2) is 25.2 Å². The highest BCUT2D eigenvalue weighted by atomic mass is 16.5. The van der Waals surface area contributed by atoms with Crippen LogP contribution in [0.25, 0.3) is 0 Å². The third kappa shape index (κ3) is 2.03. The van der Waals surface area contributed by atoms with Crippen molar-refractivity contribution < 1.29 is 9.53 Å². The van der Waals surface area contributed by atoms with E-state index in [-0.39, 0.29) is 11.9 Å². The zero-order chi connectivity index (χ0) is 13.4. The summed E-state index contributed by atoms with van der Waals surface area (Å²) in [4.78, 5) is 12.3. The quantitative estimate of drug-likeness (QED) is 0.871. The van der Waals surface area contributed by atoms with E-state index in [9.17, 15) is 4.79 Å². The summed E-state index contributed by atoms with van der Waals surface area (Å²) >= 11 is 0. The monoisotopic (exact) mass is 247 g/mol. The molecule has 1 aliphatic heterocycles. The van der Waals surface area contributed by atoms with Gasteiger partial charge in [0.2, 0.25) is 0 Å². The van der Waals surface area contributed by atoms with Gasteiger partial charge in [0, 0.05) is 5.56 Å². The highest BCUT2D eigenvalue weighted by Gasteiger charge is 2.24. The summed E-state index contributed by atoms with van der Waals surface area (Å²) in [5.41, 5.74) is 6.74. The minimum atomic E-state index is 0.0319. The fraction of sp³-hybridized carbons (Fsp3) is 0.533. The van der Waals surface area contributed by atoms with Crippen molar-refractivity contribution in [3.8, 4) is 0 Å². The van der Waals surface area contributed by atoms with Crippen molar-refractivity contribution in [2.75, 3.05) is 13.2 Å². The molecule has 98 valence electrons. The highest BCUT2D eigenvalue weighted by molar-refractivity contribution is 5.98. The third-order valence-electron chi connectivity index (χ3n) is 4.20. The second kappa shape index (κ2) is 4.73. The third-order valence-corrected chi connectivity index (χ3v) is 4.20. The van der Waals surface area contributed by atoms with Gasteiger partial charge < -0.3 is 10.1 Å². The summed E-state index contributed by atoms with van der Waals surface area (Å²) in [7, 11) is 0. The predicted molar refractivity (Wildman–Crippen MR) is 72.2 cm³/mol. The number of hydrogen-bond acceptors (Lipinski definition) is 2. The van der Waals surface area contributed by atoms with Crippen molar-refractivity contribution in [2.45, 2.75) is 40.7 Å². The Morgan fingerprint density at radius 1 is 0.944 bits per heavy atom.